The van der Waals surface area contributed by atoms with Crippen molar-refractivity contribution in [3.05, 3.63) is 21.4 Å². The van der Waals surface area contributed by atoms with Crippen molar-refractivity contribution in [1.29, 1.82) is 0 Å². The van der Waals surface area contributed by atoms with Crippen molar-refractivity contribution in [3.8, 4) is 0 Å². The zero-order chi connectivity index (χ0) is 16.3. The Hall–Kier alpha value is -1.89. The molecule has 1 aliphatic carbocycles. The Labute approximate surface area is 133 Å². The molecule has 6 nitrogen and oxygen atoms in total. The smallest absolute Gasteiger partial charge is 0.349 e. The number of fused-ring (bicyclic) bond motifs is 1. The van der Waals surface area contributed by atoms with Gasteiger partial charge < -0.3 is 10.1 Å². The summed E-state index contributed by atoms with van der Waals surface area (Å²) in [5, 5.41) is 4.34. The first kappa shape index (κ1) is 16.5. The van der Waals surface area contributed by atoms with E-state index < -0.39 is 24.0 Å². The third-order valence-corrected chi connectivity index (χ3v) is 4.86. The molecule has 2 rings (SSSR count). The van der Waals surface area contributed by atoms with E-state index in [2.05, 4.69) is 17.6 Å². The number of imide groups is 1. The number of thiophene rings is 1. The largest absolute Gasteiger partial charge is 0.448 e. The summed E-state index contributed by atoms with van der Waals surface area (Å²) in [6.45, 7) is 3.63. The molecule has 1 aromatic rings. The van der Waals surface area contributed by atoms with E-state index in [9.17, 15) is 14.4 Å². The lowest BCUT2D eigenvalue weighted by molar-refractivity contribution is -0.127. The summed E-state index contributed by atoms with van der Waals surface area (Å²) in [6, 6.07) is 1.23. The summed E-state index contributed by atoms with van der Waals surface area (Å²) in [5.41, 5.74) is 1.21. The van der Waals surface area contributed by atoms with E-state index >= 15 is 0 Å². The third-order valence-electron chi connectivity index (χ3n) is 3.65. The van der Waals surface area contributed by atoms with E-state index in [-0.39, 0.29) is 0 Å². The number of esters is 1. The minimum Gasteiger partial charge on any atom is -0.448 e. The summed E-state index contributed by atoms with van der Waals surface area (Å²) >= 11 is 1.43. The van der Waals surface area contributed by atoms with Gasteiger partial charge in [0.15, 0.2) is 6.10 Å². The quantitative estimate of drug-likeness (QED) is 0.831. The van der Waals surface area contributed by atoms with E-state index in [1.54, 1.807) is 0 Å². The van der Waals surface area contributed by atoms with Crippen LogP contribution in [0, 0.1) is 5.92 Å². The first-order chi connectivity index (χ1) is 10.4. The molecule has 2 unspecified atom stereocenters. The minimum atomic E-state index is -1.03. The highest BCUT2D eigenvalue weighted by molar-refractivity contribution is 7.14. The van der Waals surface area contributed by atoms with Crippen LogP contribution < -0.4 is 10.6 Å². The molecule has 2 N–H and O–H groups in total. The number of carbonyl (C=O) groups excluding carboxylic acids is 3. The van der Waals surface area contributed by atoms with Crippen LogP contribution in [0.3, 0.4) is 0 Å². The lowest BCUT2D eigenvalue weighted by Gasteiger charge is -2.16. The molecule has 7 heteroatoms. The fourth-order valence-corrected chi connectivity index (χ4v) is 3.45. The molecular weight excluding hydrogens is 304 g/mol. The average Bonchev–Trinajstić information content (AvgIpc) is 2.89. The number of hydrogen-bond donors (Lipinski definition) is 2. The molecule has 1 aliphatic rings. The van der Waals surface area contributed by atoms with Crippen LogP contribution in [0.1, 0.15) is 40.4 Å². The number of urea groups is 1. The highest BCUT2D eigenvalue weighted by Crippen LogP contribution is 2.32. The van der Waals surface area contributed by atoms with Gasteiger partial charge in [0.2, 0.25) is 0 Å². The van der Waals surface area contributed by atoms with E-state index in [0.29, 0.717) is 10.8 Å². The van der Waals surface area contributed by atoms with Crippen molar-refractivity contribution < 1.29 is 19.1 Å². The predicted octanol–water partition coefficient (Wildman–Crippen LogP) is 1.87. The molecule has 120 valence electrons. The maximum atomic E-state index is 12.1. The Morgan fingerprint density at radius 2 is 2.14 bits per heavy atom. The van der Waals surface area contributed by atoms with Gasteiger partial charge in [0.1, 0.15) is 4.88 Å². The zero-order valence-electron chi connectivity index (χ0n) is 12.9. The molecule has 0 radical (unpaired) electrons. The Morgan fingerprint density at radius 3 is 2.82 bits per heavy atom. The van der Waals surface area contributed by atoms with Crippen LogP contribution in [0.5, 0.6) is 0 Å². The monoisotopic (exact) mass is 324 g/mol. The van der Waals surface area contributed by atoms with Gasteiger partial charge in [-0.15, -0.1) is 11.3 Å². The first-order valence-electron chi connectivity index (χ1n) is 7.25. The molecule has 1 heterocycles. The van der Waals surface area contributed by atoms with Crippen LogP contribution in [0.4, 0.5) is 4.79 Å². The van der Waals surface area contributed by atoms with Gasteiger partial charge in [0, 0.05) is 11.9 Å². The second-order valence-corrected chi connectivity index (χ2v) is 6.66. The summed E-state index contributed by atoms with van der Waals surface area (Å²) in [6.07, 6.45) is 2.07. The Kier molecular flexibility index (Phi) is 5.18. The maximum Gasteiger partial charge on any atom is 0.349 e. The molecule has 0 aliphatic heterocycles. The van der Waals surface area contributed by atoms with Crippen molar-refractivity contribution in [3.63, 3.8) is 0 Å². The number of rotatable bonds is 3. The Bertz CT molecular complexity index is 596. The van der Waals surface area contributed by atoms with Gasteiger partial charge in [-0.3, -0.25) is 10.1 Å². The first-order valence-corrected chi connectivity index (χ1v) is 8.07. The van der Waals surface area contributed by atoms with Crippen LogP contribution in [0.25, 0.3) is 0 Å². The molecule has 0 fully saturated rings. The number of aryl methyl sites for hydroxylation is 1. The lowest BCUT2D eigenvalue weighted by Crippen LogP contribution is -2.43. The summed E-state index contributed by atoms with van der Waals surface area (Å²) in [4.78, 5) is 36.6. The van der Waals surface area contributed by atoms with E-state index in [1.807, 2.05) is 6.07 Å². The standard InChI is InChI=1S/C15H20N2O4S/c1-8-4-5-11-10(6-8)7-12(22-11)14(19)21-9(2)13(18)17-15(20)16-3/h7-9H,4-6H2,1-3H3,(H2,16,17,18,20). The summed E-state index contributed by atoms with van der Waals surface area (Å²) in [5.74, 6) is -0.544. The van der Waals surface area contributed by atoms with Crippen molar-refractivity contribution in [2.45, 2.75) is 39.2 Å². The average molecular weight is 324 g/mol. The Balaban J connectivity index is 1.97. The van der Waals surface area contributed by atoms with Crippen molar-refractivity contribution in [1.82, 2.24) is 10.6 Å². The Morgan fingerprint density at radius 1 is 1.41 bits per heavy atom. The summed E-state index contributed by atoms with van der Waals surface area (Å²) in [7, 11) is 1.40. The summed E-state index contributed by atoms with van der Waals surface area (Å²) < 4.78 is 5.13. The molecule has 2 atom stereocenters. The van der Waals surface area contributed by atoms with Crippen LogP contribution in [0.2, 0.25) is 0 Å². The van der Waals surface area contributed by atoms with Crippen molar-refractivity contribution >= 4 is 29.2 Å². The molecule has 1 aromatic heterocycles. The minimum absolute atomic E-state index is 0.513. The molecule has 22 heavy (non-hydrogen) atoms. The predicted molar refractivity (Wildman–Crippen MR) is 83.0 cm³/mol. The lowest BCUT2D eigenvalue weighted by atomic mass is 9.90. The van der Waals surface area contributed by atoms with Gasteiger partial charge in [-0.1, -0.05) is 6.92 Å². The van der Waals surface area contributed by atoms with Gasteiger partial charge >= 0.3 is 12.0 Å². The number of amides is 3. The maximum absolute atomic E-state index is 12.1. The van der Waals surface area contributed by atoms with Crippen LogP contribution >= 0.6 is 11.3 Å². The van der Waals surface area contributed by atoms with Gasteiger partial charge in [-0.25, -0.2) is 9.59 Å². The SMILES string of the molecule is CNC(=O)NC(=O)C(C)OC(=O)c1cc2c(s1)CCC(C)C2. The molecular formula is C15H20N2O4S. The van der Waals surface area contributed by atoms with E-state index in [4.69, 9.17) is 4.74 Å². The fourth-order valence-electron chi connectivity index (χ4n) is 2.35. The fraction of sp³-hybridized carbons (Fsp3) is 0.533. The highest BCUT2D eigenvalue weighted by Gasteiger charge is 2.24. The van der Waals surface area contributed by atoms with Gasteiger partial charge in [0.05, 0.1) is 0 Å². The molecule has 0 bridgehead atoms. The molecule has 0 spiro atoms. The molecule has 3 amide bonds. The zero-order valence-corrected chi connectivity index (χ0v) is 13.7. The van der Waals surface area contributed by atoms with Gasteiger partial charge in [-0.05, 0) is 43.7 Å². The number of hydrogen-bond acceptors (Lipinski definition) is 5. The molecule has 0 aromatic carbocycles. The van der Waals surface area contributed by atoms with Crippen LogP contribution in [0.15, 0.2) is 6.07 Å². The van der Waals surface area contributed by atoms with Gasteiger partial charge in [0.25, 0.3) is 5.91 Å². The third kappa shape index (κ3) is 3.85. The second-order valence-electron chi connectivity index (χ2n) is 5.52. The molecule has 0 saturated carbocycles. The molecule has 0 saturated heterocycles. The van der Waals surface area contributed by atoms with Crippen LogP contribution in [-0.2, 0) is 22.4 Å². The van der Waals surface area contributed by atoms with E-state index in [0.717, 1.165) is 19.3 Å². The van der Waals surface area contributed by atoms with Crippen molar-refractivity contribution in [2.75, 3.05) is 7.05 Å². The number of carbonyl (C=O) groups is 3. The number of ether oxygens (including phenoxy) is 1. The van der Waals surface area contributed by atoms with Crippen molar-refractivity contribution in [2.24, 2.45) is 5.92 Å². The highest BCUT2D eigenvalue weighted by atomic mass is 32.1. The van der Waals surface area contributed by atoms with Crippen LogP contribution in [-0.4, -0.2) is 31.1 Å². The number of nitrogens with one attached hydrogen (secondary N) is 2. The van der Waals surface area contributed by atoms with E-state index in [1.165, 1.54) is 35.7 Å². The normalized spacial score (nSPS) is 18.0. The topological polar surface area (TPSA) is 84.5 Å². The second kappa shape index (κ2) is 6.91. The van der Waals surface area contributed by atoms with Gasteiger partial charge in [-0.2, -0.15) is 0 Å².